The van der Waals surface area contributed by atoms with Gasteiger partial charge in [-0.25, -0.2) is 4.98 Å². The smallest absolute Gasteiger partial charge is 0.126 e. The molecule has 0 bridgehead atoms. The normalized spacial score (nSPS) is 27.6. The molecule has 1 N–H and O–H groups in total. The third-order valence-electron chi connectivity index (χ3n) is 3.16. The fraction of sp³-hybridized carbons (Fsp3) is 0.727. The Bertz CT molecular complexity index is 305. The van der Waals surface area contributed by atoms with Crippen LogP contribution in [0.25, 0.3) is 0 Å². The number of aromatic nitrogens is 2. The summed E-state index contributed by atoms with van der Waals surface area (Å²) in [7, 11) is 0. The van der Waals surface area contributed by atoms with E-state index in [4.69, 9.17) is 0 Å². The van der Waals surface area contributed by atoms with Gasteiger partial charge in [0.1, 0.15) is 5.82 Å². The summed E-state index contributed by atoms with van der Waals surface area (Å²) >= 11 is 0. The third kappa shape index (κ3) is 1.57. The molecule has 0 fully saturated rings. The van der Waals surface area contributed by atoms with Crippen LogP contribution in [0.2, 0.25) is 0 Å². The average molecular weight is 193 g/mol. The predicted octanol–water partition coefficient (Wildman–Crippen LogP) is 2.28. The Morgan fingerprint density at radius 2 is 2.50 bits per heavy atom. The Morgan fingerprint density at radius 1 is 1.71 bits per heavy atom. The van der Waals surface area contributed by atoms with Crippen molar-refractivity contribution in [3.05, 3.63) is 18.2 Å². The van der Waals surface area contributed by atoms with E-state index in [1.807, 2.05) is 6.20 Å². The van der Waals surface area contributed by atoms with E-state index in [2.05, 4.69) is 41.8 Å². The topological polar surface area (TPSA) is 29.9 Å². The van der Waals surface area contributed by atoms with Gasteiger partial charge in [-0.15, -0.1) is 0 Å². The zero-order valence-electron chi connectivity index (χ0n) is 9.20. The molecule has 3 atom stereocenters. The van der Waals surface area contributed by atoms with Gasteiger partial charge in [0, 0.05) is 24.5 Å². The highest BCUT2D eigenvalue weighted by atomic mass is 15.2. The van der Waals surface area contributed by atoms with E-state index >= 15 is 0 Å². The van der Waals surface area contributed by atoms with E-state index in [1.54, 1.807) is 0 Å². The number of rotatable bonds is 3. The van der Waals surface area contributed by atoms with Crippen molar-refractivity contribution in [2.45, 2.75) is 51.7 Å². The first-order chi connectivity index (χ1) is 6.72. The van der Waals surface area contributed by atoms with E-state index in [0.717, 1.165) is 0 Å². The second kappa shape index (κ2) is 3.73. The summed E-state index contributed by atoms with van der Waals surface area (Å²) in [6.45, 7) is 6.70. The van der Waals surface area contributed by atoms with Gasteiger partial charge in [-0.05, 0) is 26.7 Å². The van der Waals surface area contributed by atoms with Crippen molar-refractivity contribution in [1.82, 2.24) is 14.9 Å². The van der Waals surface area contributed by atoms with Gasteiger partial charge in [0.05, 0.1) is 6.04 Å². The van der Waals surface area contributed by atoms with E-state index in [-0.39, 0.29) is 0 Å². The molecule has 0 amide bonds. The number of nitrogens with one attached hydrogen (secondary N) is 1. The van der Waals surface area contributed by atoms with E-state index < -0.39 is 0 Å². The lowest BCUT2D eigenvalue weighted by atomic mass is 10.1. The fourth-order valence-electron chi connectivity index (χ4n) is 2.13. The number of hydrogen-bond donors (Lipinski definition) is 1. The highest BCUT2D eigenvalue weighted by molar-refractivity contribution is 5.07. The molecular formula is C11H19N3. The molecule has 0 aliphatic carbocycles. The van der Waals surface area contributed by atoms with Crippen LogP contribution in [0, 0.1) is 0 Å². The average Bonchev–Trinajstić information content (AvgIpc) is 2.72. The SMILES string of the molecule is CCC(C)NC1CC(C)n2ccnc21. The van der Waals surface area contributed by atoms with Gasteiger partial charge >= 0.3 is 0 Å². The summed E-state index contributed by atoms with van der Waals surface area (Å²) in [5.41, 5.74) is 0. The lowest BCUT2D eigenvalue weighted by Gasteiger charge is -2.16. The third-order valence-corrected chi connectivity index (χ3v) is 3.16. The van der Waals surface area contributed by atoms with Crippen LogP contribution in [-0.4, -0.2) is 15.6 Å². The maximum atomic E-state index is 4.42. The molecule has 14 heavy (non-hydrogen) atoms. The maximum Gasteiger partial charge on any atom is 0.126 e. The number of fused-ring (bicyclic) bond motifs is 1. The molecule has 2 rings (SSSR count). The molecule has 1 aliphatic rings. The van der Waals surface area contributed by atoms with Gasteiger partial charge in [-0.1, -0.05) is 6.92 Å². The van der Waals surface area contributed by atoms with Gasteiger partial charge in [0.25, 0.3) is 0 Å². The molecule has 0 saturated heterocycles. The van der Waals surface area contributed by atoms with Crippen molar-refractivity contribution in [2.24, 2.45) is 0 Å². The molecule has 1 aliphatic heterocycles. The molecule has 1 aromatic rings. The standard InChI is InChI=1S/C11H19N3/c1-4-8(2)13-10-7-9(3)14-6-5-12-11(10)14/h5-6,8-10,13H,4,7H2,1-3H3. The molecule has 0 spiro atoms. The quantitative estimate of drug-likeness (QED) is 0.798. The van der Waals surface area contributed by atoms with E-state index in [0.29, 0.717) is 18.1 Å². The van der Waals surface area contributed by atoms with Crippen molar-refractivity contribution in [3.63, 3.8) is 0 Å². The first-order valence-electron chi connectivity index (χ1n) is 5.51. The summed E-state index contributed by atoms with van der Waals surface area (Å²) in [4.78, 5) is 4.42. The van der Waals surface area contributed by atoms with Crippen molar-refractivity contribution in [3.8, 4) is 0 Å². The zero-order valence-corrected chi connectivity index (χ0v) is 9.20. The van der Waals surface area contributed by atoms with Crippen LogP contribution in [0.5, 0.6) is 0 Å². The Hall–Kier alpha value is -0.830. The number of imidazole rings is 1. The molecule has 3 nitrogen and oxygen atoms in total. The Kier molecular flexibility index (Phi) is 2.59. The lowest BCUT2D eigenvalue weighted by molar-refractivity contribution is 0.423. The van der Waals surface area contributed by atoms with Crippen molar-refractivity contribution in [1.29, 1.82) is 0 Å². The Morgan fingerprint density at radius 3 is 3.21 bits per heavy atom. The molecule has 3 heteroatoms. The van der Waals surface area contributed by atoms with Crippen molar-refractivity contribution in [2.75, 3.05) is 0 Å². The summed E-state index contributed by atoms with van der Waals surface area (Å²) in [5, 5.41) is 3.62. The van der Waals surface area contributed by atoms with Crippen molar-refractivity contribution < 1.29 is 0 Å². The Labute approximate surface area is 85.5 Å². The van der Waals surface area contributed by atoms with Gasteiger partial charge in [0.2, 0.25) is 0 Å². The maximum absolute atomic E-state index is 4.42. The molecule has 0 aromatic carbocycles. The molecule has 0 saturated carbocycles. The number of hydrogen-bond acceptors (Lipinski definition) is 2. The van der Waals surface area contributed by atoms with Gasteiger partial charge in [-0.3, -0.25) is 0 Å². The highest BCUT2D eigenvalue weighted by Gasteiger charge is 2.29. The van der Waals surface area contributed by atoms with Crippen LogP contribution in [0.3, 0.4) is 0 Å². The summed E-state index contributed by atoms with van der Waals surface area (Å²) in [6, 6.07) is 1.62. The van der Waals surface area contributed by atoms with Gasteiger partial charge in [-0.2, -0.15) is 0 Å². The number of nitrogens with zero attached hydrogens (tertiary/aromatic N) is 2. The first-order valence-corrected chi connectivity index (χ1v) is 5.51. The summed E-state index contributed by atoms with van der Waals surface area (Å²) in [6.07, 6.45) is 6.33. The largest absolute Gasteiger partial charge is 0.331 e. The minimum Gasteiger partial charge on any atom is -0.331 e. The molecular weight excluding hydrogens is 174 g/mol. The van der Waals surface area contributed by atoms with Crippen LogP contribution in [0.4, 0.5) is 0 Å². The van der Waals surface area contributed by atoms with E-state index in [1.165, 1.54) is 18.7 Å². The predicted molar refractivity (Wildman–Crippen MR) is 57.2 cm³/mol. The van der Waals surface area contributed by atoms with E-state index in [9.17, 15) is 0 Å². The summed E-state index contributed by atoms with van der Waals surface area (Å²) < 4.78 is 2.28. The minimum absolute atomic E-state index is 0.454. The lowest BCUT2D eigenvalue weighted by Crippen LogP contribution is -2.29. The van der Waals surface area contributed by atoms with Crippen LogP contribution >= 0.6 is 0 Å². The highest BCUT2D eigenvalue weighted by Crippen LogP contribution is 2.32. The van der Waals surface area contributed by atoms with Gasteiger partial charge < -0.3 is 9.88 Å². The van der Waals surface area contributed by atoms with Crippen LogP contribution < -0.4 is 5.32 Å². The second-order valence-electron chi connectivity index (χ2n) is 4.31. The van der Waals surface area contributed by atoms with Crippen molar-refractivity contribution >= 4 is 0 Å². The molecule has 0 radical (unpaired) electrons. The first kappa shape index (κ1) is 9.71. The van der Waals surface area contributed by atoms with Crippen LogP contribution in [0.1, 0.15) is 51.5 Å². The molecule has 78 valence electrons. The zero-order chi connectivity index (χ0) is 10.1. The van der Waals surface area contributed by atoms with Crippen LogP contribution in [0.15, 0.2) is 12.4 Å². The molecule has 1 aromatic heterocycles. The minimum atomic E-state index is 0.454. The molecule has 2 heterocycles. The Balaban J connectivity index is 2.10. The van der Waals surface area contributed by atoms with Gasteiger partial charge in [0.15, 0.2) is 0 Å². The monoisotopic (exact) mass is 193 g/mol. The second-order valence-corrected chi connectivity index (χ2v) is 4.31. The summed E-state index contributed by atoms with van der Waals surface area (Å²) in [5.74, 6) is 1.21. The molecule has 3 unspecified atom stereocenters. The van der Waals surface area contributed by atoms with Crippen LogP contribution in [-0.2, 0) is 0 Å². The fourth-order valence-corrected chi connectivity index (χ4v) is 2.13.